The molecule has 1 saturated carbocycles. The van der Waals surface area contributed by atoms with Gasteiger partial charge in [0.25, 0.3) is 5.91 Å². The zero-order chi connectivity index (χ0) is 15.4. The number of rotatable bonds is 4. The second-order valence-corrected chi connectivity index (χ2v) is 7.17. The summed E-state index contributed by atoms with van der Waals surface area (Å²) in [6.45, 7) is 9.31. The Balaban J connectivity index is 1.98. The lowest BCUT2D eigenvalue weighted by Gasteiger charge is -2.41. The smallest absolute Gasteiger partial charge is 0.251 e. The van der Waals surface area contributed by atoms with Crippen molar-refractivity contribution in [2.75, 3.05) is 0 Å². The molecule has 1 fully saturated rings. The van der Waals surface area contributed by atoms with E-state index in [9.17, 15) is 4.79 Å². The van der Waals surface area contributed by atoms with Gasteiger partial charge in [-0.3, -0.25) is 4.79 Å². The maximum Gasteiger partial charge on any atom is 0.251 e. The first-order chi connectivity index (χ1) is 9.99. The Hall–Kier alpha value is -1.31. The SMILES string of the molecule is CC(C)C1CCC(NC(=O)c2ccccc2)CC1C(C)C. The molecule has 116 valence electrons. The van der Waals surface area contributed by atoms with Gasteiger partial charge in [-0.1, -0.05) is 45.9 Å². The lowest BCUT2D eigenvalue weighted by atomic mass is 9.67. The molecule has 1 aliphatic rings. The number of hydrogen-bond acceptors (Lipinski definition) is 1. The molecule has 1 aromatic rings. The summed E-state index contributed by atoms with van der Waals surface area (Å²) in [5.41, 5.74) is 0.768. The monoisotopic (exact) mass is 287 g/mol. The molecule has 0 bridgehead atoms. The van der Waals surface area contributed by atoms with E-state index in [0.29, 0.717) is 12.0 Å². The Labute approximate surface area is 129 Å². The summed E-state index contributed by atoms with van der Waals surface area (Å²) in [5, 5.41) is 3.24. The van der Waals surface area contributed by atoms with E-state index in [1.807, 2.05) is 30.3 Å². The van der Waals surface area contributed by atoms with Crippen LogP contribution in [0.4, 0.5) is 0 Å². The minimum atomic E-state index is 0.0751. The zero-order valence-corrected chi connectivity index (χ0v) is 13.8. The number of hydrogen-bond donors (Lipinski definition) is 1. The van der Waals surface area contributed by atoms with Crippen LogP contribution in [0.25, 0.3) is 0 Å². The van der Waals surface area contributed by atoms with E-state index in [0.717, 1.165) is 36.2 Å². The minimum absolute atomic E-state index is 0.0751. The summed E-state index contributed by atoms with van der Waals surface area (Å²) in [4.78, 5) is 12.3. The molecule has 0 saturated heterocycles. The predicted octanol–water partition coefficient (Wildman–Crippen LogP) is 4.51. The molecule has 2 rings (SSSR count). The maximum absolute atomic E-state index is 12.3. The van der Waals surface area contributed by atoms with Crippen LogP contribution in [0.5, 0.6) is 0 Å². The van der Waals surface area contributed by atoms with Gasteiger partial charge in [-0.05, 0) is 55.1 Å². The van der Waals surface area contributed by atoms with E-state index >= 15 is 0 Å². The number of nitrogens with one attached hydrogen (secondary N) is 1. The Kier molecular flexibility index (Phi) is 5.44. The van der Waals surface area contributed by atoms with Crippen molar-refractivity contribution >= 4 is 5.91 Å². The highest BCUT2D eigenvalue weighted by Gasteiger charge is 2.34. The van der Waals surface area contributed by atoms with Crippen LogP contribution in [0.2, 0.25) is 0 Å². The van der Waals surface area contributed by atoms with Crippen LogP contribution in [0.3, 0.4) is 0 Å². The van der Waals surface area contributed by atoms with Crippen molar-refractivity contribution in [3.05, 3.63) is 35.9 Å². The van der Waals surface area contributed by atoms with Gasteiger partial charge >= 0.3 is 0 Å². The van der Waals surface area contributed by atoms with Crippen molar-refractivity contribution in [1.82, 2.24) is 5.32 Å². The predicted molar refractivity (Wildman–Crippen MR) is 88.2 cm³/mol. The standard InChI is InChI=1S/C19H29NO/c1-13(2)17-11-10-16(12-18(17)14(3)4)20-19(21)15-8-6-5-7-9-15/h5-9,13-14,16-18H,10-12H2,1-4H3,(H,20,21). The van der Waals surface area contributed by atoms with Crippen LogP contribution in [0.15, 0.2) is 30.3 Å². The Morgan fingerprint density at radius 2 is 1.62 bits per heavy atom. The molecule has 0 radical (unpaired) electrons. The van der Waals surface area contributed by atoms with Crippen LogP contribution in [-0.4, -0.2) is 11.9 Å². The number of benzene rings is 1. The van der Waals surface area contributed by atoms with Gasteiger partial charge in [0.1, 0.15) is 0 Å². The van der Waals surface area contributed by atoms with Crippen LogP contribution in [0, 0.1) is 23.7 Å². The van der Waals surface area contributed by atoms with Gasteiger partial charge in [-0.25, -0.2) is 0 Å². The molecule has 2 nitrogen and oxygen atoms in total. The van der Waals surface area contributed by atoms with Gasteiger partial charge in [0.15, 0.2) is 0 Å². The summed E-state index contributed by atoms with van der Waals surface area (Å²) < 4.78 is 0. The third-order valence-corrected chi connectivity index (χ3v) is 5.04. The van der Waals surface area contributed by atoms with Gasteiger partial charge in [0.2, 0.25) is 0 Å². The first-order valence-electron chi connectivity index (χ1n) is 8.35. The van der Waals surface area contributed by atoms with Gasteiger partial charge in [0.05, 0.1) is 0 Å². The molecule has 0 spiro atoms. The van der Waals surface area contributed by atoms with Crippen molar-refractivity contribution in [2.24, 2.45) is 23.7 Å². The lowest BCUT2D eigenvalue weighted by Crippen LogP contribution is -2.43. The summed E-state index contributed by atoms with van der Waals surface area (Å²) in [5.74, 6) is 3.03. The van der Waals surface area contributed by atoms with E-state index in [1.54, 1.807) is 0 Å². The molecular formula is C19H29NO. The van der Waals surface area contributed by atoms with Gasteiger partial charge in [-0.2, -0.15) is 0 Å². The molecule has 0 aromatic heterocycles. The molecule has 3 atom stereocenters. The number of amides is 1. The second-order valence-electron chi connectivity index (χ2n) is 7.17. The minimum Gasteiger partial charge on any atom is -0.349 e. The highest BCUT2D eigenvalue weighted by molar-refractivity contribution is 5.94. The van der Waals surface area contributed by atoms with Crippen molar-refractivity contribution < 1.29 is 4.79 Å². The Morgan fingerprint density at radius 1 is 1.00 bits per heavy atom. The fraction of sp³-hybridized carbons (Fsp3) is 0.632. The highest BCUT2D eigenvalue weighted by Crippen LogP contribution is 2.39. The van der Waals surface area contributed by atoms with Crippen molar-refractivity contribution in [3.63, 3.8) is 0 Å². The fourth-order valence-electron chi connectivity index (χ4n) is 3.81. The summed E-state index contributed by atoms with van der Waals surface area (Å²) in [6, 6.07) is 9.88. The molecule has 0 heterocycles. The van der Waals surface area contributed by atoms with E-state index < -0.39 is 0 Å². The van der Waals surface area contributed by atoms with Gasteiger partial charge in [0, 0.05) is 11.6 Å². The normalized spacial score (nSPS) is 26.1. The molecule has 1 amide bonds. The van der Waals surface area contributed by atoms with Crippen LogP contribution < -0.4 is 5.32 Å². The molecular weight excluding hydrogens is 258 g/mol. The molecule has 1 N–H and O–H groups in total. The maximum atomic E-state index is 12.3. The first-order valence-corrected chi connectivity index (χ1v) is 8.35. The summed E-state index contributed by atoms with van der Waals surface area (Å²) in [6.07, 6.45) is 3.48. The molecule has 2 heteroatoms. The van der Waals surface area contributed by atoms with Crippen LogP contribution in [-0.2, 0) is 0 Å². The Bertz CT molecular complexity index is 452. The van der Waals surface area contributed by atoms with Crippen molar-refractivity contribution in [1.29, 1.82) is 0 Å². The number of carbonyl (C=O) groups is 1. The molecule has 3 unspecified atom stereocenters. The van der Waals surface area contributed by atoms with Crippen LogP contribution >= 0.6 is 0 Å². The van der Waals surface area contributed by atoms with E-state index in [-0.39, 0.29) is 5.91 Å². The molecule has 21 heavy (non-hydrogen) atoms. The molecule has 1 aliphatic carbocycles. The van der Waals surface area contributed by atoms with E-state index in [2.05, 4.69) is 33.0 Å². The third-order valence-electron chi connectivity index (χ3n) is 5.04. The number of carbonyl (C=O) groups excluding carboxylic acids is 1. The van der Waals surface area contributed by atoms with Gasteiger partial charge < -0.3 is 5.32 Å². The van der Waals surface area contributed by atoms with Crippen LogP contribution in [0.1, 0.15) is 57.3 Å². The van der Waals surface area contributed by atoms with Gasteiger partial charge in [-0.15, -0.1) is 0 Å². The largest absolute Gasteiger partial charge is 0.349 e. The fourth-order valence-corrected chi connectivity index (χ4v) is 3.81. The third kappa shape index (κ3) is 4.09. The molecule has 1 aromatic carbocycles. The quantitative estimate of drug-likeness (QED) is 0.867. The molecule has 0 aliphatic heterocycles. The topological polar surface area (TPSA) is 29.1 Å². The van der Waals surface area contributed by atoms with Crippen molar-refractivity contribution in [3.8, 4) is 0 Å². The van der Waals surface area contributed by atoms with Crippen molar-refractivity contribution in [2.45, 2.75) is 53.0 Å². The van der Waals surface area contributed by atoms with E-state index in [1.165, 1.54) is 6.42 Å². The highest BCUT2D eigenvalue weighted by atomic mass is 16.1. The average molecular weight is 287 g/mol. The lowest BCUT2D eigenvalue weighted by molar-refractivity contribution is 0.0835. The first kappa shape index (κ1) is 16.1. The average Bonchev–Trinajstić information content (AvgIpc) is 2.47. The summed E-state index contributed by atoms with van der Waals surface area (Å²) in [7, 11) is 0. The Morgan fingerprint density at radius 3 is 2.19 bits per heavy atom. The van der Waals surface area contributed by atoms with E-state index in [4.69, 9.17) is 0 Å². The second kappa shape index (κ2) is 7.11. The summed E-state index contributed by atoms with van der Waals surface area (Å²) >= 11 is 0. The zero-order valence-electron chi connectivity index (χ0n) is 13.8.